The Morgan fingerprint density at radius 2 is 1.94 bits per heavy atom. The smallest absolute Gasteiger partial charge is 0.291 e. The number of furan rings is 1. The van der Waals surface area contributed by atoms with Crippen LogP contribution in [0.25, 0.3) is 0 Å². The van der Waals surface area contributed by atoms with Crippen molar-refractivity contribution in [3.8, 4) is 0 Å². The Morgan fingerprint density at radius 3 is 2.61 bits per heavy atom. The number of carbonyl (C=O) groups excluding carboxylic acids is 1. The maximum absolute atomic E-state index is 11.9. The van der Waals surface area contributed by atoms with E-state index in [1.54, 1.807) is 36.4 Å². The number of benzene rings is 1. The first-order valence-electron chi connectivity index (χ1n) is 5.49. The van der Waals surface area contributed by atoms with Crippen molar-refractivity contribution in [2.75, 3.05) is 12.4 Å². The van der Waals surface area contributed by atoms with Crippen LogP contribution < -0.4 is 10.6 Å². The highest BCUT2D eigenvalue weighted by Crippen LogP contribution is 2.15. The van der Waals surface area contributed by atoms with Crippen LogP contribution in [0.4, 0.5) is 5.69 Å². The van der Waals surface area contributed by atoms with Crippen molar-refractivity contribution < 1.29 is 9.21 Å². The Hall–Kier alpha value is -1.78. The molecule has 18 heavy (non-hydrogen) atoms. The Kier molecular flexibility index (Phi) is 4.02. The molecule has 2 N–H and O–H groups in total. The first-order chi connectivity index (χ1) is 8.69. The zero-order valence-electron chi connectivity index (χ0n) is 9.87. The monoisotopic (exact) mass is 264 g/mol. The van der Waals surface area contributed by atoms with Crippen LogP contribution >= 0.6 is 11.6 Å². The number of hydrogen-bond acceptors (Lipinski definition) is 3. The quantitative estimate of drug-likeness (QED) is 0.893. The number of amides is 1. The lowest BCUT2D eigenvalue weighted by Gasteiger charge is -2.02. The molecule has 0 aliphatic carbocycles. The highest BCUT2D eigenvalue weighted by Gasteiger charge is 2.10. The van der Waals surface area contributed by atoms with E-state index in [4.69, 9.17) is 16.0 Å². The predicted molar refractivity (Wildman–Crippen MR) is 70.9 cm³/mol. The van der Waals surface area contributed by atoms with Crippen molar-refractivity contribution in [2.24, 2.45) is 0 Å². The van der Waals surface area contributed by atoms with Gasteiger partial charge in [-0.25, -0.2) is 0 Å². The maximum atomic E-state index is 11.9. The minimum absolute atomic E-state index is 0.278. The summed E-state index contributed by atoms with van der Waals surface area (Å²) in [5.74, 6) is 0.730. The molecule has 0 saturated carbocycles. The molecule has 2 aromatic rings. The average Bonchev–Trinajstić information content (AvgIpc) is 2.81. The number of nitrogens with one attached hydrogen (secondary N) is 2. The third-order valence-corrected chi connectivity index (χ3v) is 2.59. The van der Waals surface area contributed by atoms with E-state index in [-0.39, 0.29) is 11.7 Å². The molecule has 0 spiro atoms. The molecule has 0 unspecified atom stereocenters. The van der Waals surface area contributed by atoms with E-state index in [1.165, 1.54) is 0 Å². The van der Waals surface area contributed by atoms with Crippen LogP contribution in [0, 0.1) is 0 Å². The standard InChI is InChI=1S/C13H13ClN2O2/c1-15-8-11-6-7-12(18-11)13(17)16-10-4-2-9(14)3-5-10/h2-7,15H,8H2,1H3,(H,16,17). The summed E-state index contributed by atoms with van der Waals surface area (Å²) in [5, 5.41) is 6.31. The molecule has 1 aromatic heterocycles. The van der Waals surface area contributed by atoms with E-state index in [9.17, 15) is 4.79 Å². The summed E-state index contributed by atoms with van der Waals surface area (Å²) in [6.45, 7) is 0.591. The zero-order chi connectivity index (χ0) is 13.0. The Labute approximate surface area is 110 Å². The maximum Gasteiger partial charge on any atom is 0.291 e. The number of rotatable bonds is 4. The molecule has 1 aromatic carbocycles. The van der Waals surface area contributed by atoms with Crippen molar-refractivity contribution in [3.05, 3.63) is 52.9 Å². The second-order valence-corrected chi connectivity index (χ2v) is 4.19. The Bertz CT molecular complexity index is 534. The van der Waals surface area contributed by atoms with Gasteiger partial charge in [-0.15, -0.1) is 0 Å². The molecule has 94 valence electrons. The molecule has 1 heterocycles. The fourth-order valence-electron chi connectivity index (χ4n) is 1.50. The summed E-state index contributed by atoms with van der Waals surface area (Å²) >= 11 is 5.77. The summed E-state index contributed by atoms with van der Waals surface area (Å²) in [6, 6.07) is 10.3. The second-order valence-electron chi connectivity index (χ2n) is 3.76. The van der Waals surface area contributed by atoms with E-state index in [0.29, 0.717) is 17.3 Å². The molecule has 5 heteroatoms. The van der Waals surface area contributed by atoms with E-state index >= 15 is 0 Å². The normalized spacial score (nSPS) is 10.3. The van der Waals surface area contributed by atoms with Crippen LogP contribution in [0.1, 0.15) is 16.3 Å². The van der Waals surface area contributed by atoms with E-state index in [0.717, 1.165) is 5.76 Å². The van der Waals surface area contributed by atoms with Crippen LogP contribution in [0.3, 0.4) is 0 Å². The highest BCUT2D eigenvalue weighted by atomic mass is 35.5. The molecular weight excluding hydrogens is 252 g/mol. The summed E-state index contributed by atoms with van der Waals surface area (Å²) < 4.78 is 5.38. The molecule has 0 aliphatic rings. The molecule has 4 nitrogen and oxygen atoms in total. The summed E-state index contributed by atoms with van der Waals surface area (Å²) in [5.41, 5.74) is 0.677. The topological polar surface area (TPSA) is 54.3 Å². The molecule has 0 atom stereocenters. The van der Waals surface area contributed by atoms with E-state index in [2.05, 4.69) is 10.6 Å². The van der Waals surface area contributed by atoms with Gasteiger partial charge in [-0.1, -0.05) is 11.6 Å². The van der Waals surface area contributed by atoms with Crippen molar-refractivity contribution in [1.29, 1.82) is 0 Å². The van der Waals surface area contributed by atoms with Crippen molar-refractivity contribution in [1.82, 2.24) is 5.32 Å². The van der Waals surface area contributed by atoms with Crippen LogP contribution in [0.5, 0.6) is 0 Å². The van der Waals surface area contributed by atoms with E-state index in [1.807, 2.05) is 7.05 Å². The van der Waals surface area contributed by atoms with Gasteiger partial charge in [-0.2, -0.15) is 0 Å². The van der Waals surface area contributed by atoms with Crippen molar-refractivity contribution in [2.45, 2.75) is 6.54 Å². The van der Waals surface area contributed by atoms with Gasteiger partial charge in [0, 0.05) is 10.7 Å². The molecule has 0 saturated heterocycles. The first kappa shape index (κ1) is 12.7. The Balaban J connectivity index is 2.04. The van der Waals surface area contributed by atoms with Crippen LogP contribution in [0.15, 0.2) is 40.8 Å². The van der Waals surface area contributed by atoms with Gasteiger partial charge >= 0.3 is 0 Å². The van der Waals surface area contributed by atoms with Gasteiger partial charge in [0.15, 0.2) is 5.76 Å². The third kappa shape index (κ3) is 3.12. The largest absolute Gasteiger partial charge is 0.455 e. The number of carbonyl (C=O) groups is 1. The third-order valence-electron chi connectivity index (χ3n) is 2.34. The minimum atomic E-state index is -0.278. The zero-order valence-corrected chi connectivity index (χ0v) is 10.6. The van der Waals surface area contributed by atoms with Crippen LogP contribution in [0.2, 0.25) is 5.02 Å². The number of anilines is 1. The molecular formula is C13H13ClN2O2. The van der Waals surface area contributed by atoms with Crippen molar-refractivity contribution in [3.63, 3.8) is 0 Å². The van der Waals surface area contributed by atoms with Gasteiger partial charge in [-0.3, -0.25) is 4.79 Å². The Morgan fingerprint density at radius 1 is 1.22 bits per heavy atom. The fourth-order valence-corrected chi connectivity index (χ4v) is 1.62. The molecule has 1 amide bonds. The molecule has 0 radical (unpaired) electrons. The minimum Gasteiger partial charge on any atom is -0.455 e. The van der Waals surface area contributed by atoms with Crippen molar-refractivity contribution >= 4 is 23.2 Å². The molecule has 0 aliphatic heterocycles. The van der Waals surface area contributed by atoms with Gasteiger partial charge in [0.1, 0.15) is 5.76 Å². The van der Waals surface area contributed by atoms with Crippen LogP contribution in [-0.2, 0) is 6.54 Å². The van der Waals surface area contributed by atoms with Gasteiger partial charge in [0.25, 0.3) is 5.91 Å². The number of halogens is 1. The lowest BCUT2D eigenvalue weighted by atomic mass is 10.3. The summed E-state index contributed by atoms with van der Waals surface area (Å²) in [4.78, 5) is 11.9. The lowest BCUT2D eigenvalue weighted by Crippen LogP contribution is -2.10. The van der Waals surface area contributed by atoms with Gasteiger partial charge in [-0.05, 0) is 43.4 Å². The summed E-state index contributed by atoms with van der Waals surface area (Å²) in [6.07, 6.45) is 0. The summed E-state index contributed by atoms with van der Waals surface area (Å²) in [7, 11) is 1.82. The molecule has 2 rings (SSSR count). The first-order valence-corrected chi connectivity index (χ1v) is 5.87. The highest BCUT2D eigenvalue weighted by molar-refractivity contribution is 6.30. The molecule has 0 bridgehead atoms. The van der Waals surface area contributed by atoms with Gasteiger partial charge < -0.3 is 15.1 Å². The molecule has 0 fully saturated rings. The van der Waals surface area contributed by atoms with Gasteiger partial charge in [0.2, 0.25) is 0 Å². The average molecular weight is 265 g/mol. The predicted octanol–water partition coefficient (Wildman–Crippen LogP) is 2.90. The van der Waals surface area contributed by atoms with E-state index < -0.39 is 0 Å². The second kappa shape index (κ2) is 5.71. The van der Waals surface area contributed by atoms with Gasteiger partial charge in [0.05, 0.1) is 6.54 Å². The number of hydrogen-bond donors (Lipinski definition) is 2. The lowest BCUT2D eigenvalue weighted by molar-refractivity contribution is 0.0995. The van der Waals surface area contributed by atoms with Crippen LogP contribution in [-0.4, -0.2) is 13.0 Å². The fraction of sp³-hybridized carbons (Fsp3) is 0.154. The SMILES string of the molecule is CNCc1ccc(C(=O)Nc2ccc(Cl)cc2)o1.